The van der Waals surface area contributed by atoms with Crippen LogP contribution in [0.1, 0.15) is 140 Å². The number of anilines is 5. The van der Waals surface area contributed by atoms with E-state index in [9.17, 15) is 0 Å². The summed E-state index contributed by atoms with van der Waals surface area (Å²) in [6, 6.07) is 61.0. The Morgan fingerprint density at radius 2 is 1.09 bits per heavy atom. The van der Waals surface area contributed by atoms with Crippen LogP contribution in [0.15, 0.2) is 162 Å². The average molecular weight is 993 g/mol. The molecule has 2 aliphatic heterocycles. The molecule has 4 aliphatic rings. The quantitative estimate of drug-likeness (QED) is 0.141. The van der Waals surface area contributed by atoms with Crippen molar-refractivity contribution >= 4 is 57.4 Å². The largest absolute Gasteiger partial charge is 0.440 e. The van der Waals surface area contributed by atoms with Crippen LogP contribution in [0, 0.1) is 13.8 Å². The maximum absolute atomic E-state index is 7.83. The third kappa shape index (κ3) is 7.59. The number of unbranched alkanes of at least 4 members (excludes halogenated alkanes) is 1. The fraction of sp³-hybridized carbons (Fsp3) is 0.306. The van der Waals surface area contributed by atoms with Crippen molar-refractivity contribution in [2.24, 2.45) is 0 Å². The van der Waals surface area contributed by atoms with Crippen LogP contribution in [0.3, 0.4) is 0 Å². The van der Waals surface area contributed by atoms with Crippen molar-refractivity contribution in [3.63, 3.8) is 0 Å². The van der Waals surface area contributed by atoms with E-state index in [2.05, 4.69) is 244 Å². The van der Waals surface area contributed by atoms with Gasteiger partial charge in [-0.2, -0.15) is 0 Å². The second-order valence-corrected chi connectivity index (χ2v) is 25.7. The second-order valence-electron chi connectivity index (χ2n) is 25.7. The molecule has 0 spiro atoms. The number of hydrogen-bond acceptors (Lipinski definition) is 3. The van der Waals surface area contributed by atoms with Crippen molar-refractivity contribution in [1.29, 1.82) is 0 Å². The van der Waals surface area contributed by atoms with Gasteiger partial charge in [0.25, 0.3) is 0 Å². The normalized spacial score (nSPS) is 17.2. The minimum atomic E-state index is -0.234. The number of nitrogens with zero attached hydrogens (tertiary/aromatic N) is 2. The van der Waals surface area contributed by atoms with Crippen LogP contribution >= 0.6 is 0 Å². The minimum Gasteiger partial charge on any atom is -0.440 e. The lowest BCUT2D eigenvalue weighted by Gasteiger charge is -2.46. The molecule has 2 aliphatic carbocycles. The molecule has 0 unspecified atom stereocenters. The number of fused-ring (bicyclic) bond motifs is 8. The average Bonchev–Trinajstić information content (AvgIpc) is 3.99. The molecule has 13 rings (SSSR count). The maximum Gasteiger partial charge on any atom is 0.337 e. The molecule has 0 saturated carbocycles. The predicted molar refractivity (Wildman–Crippen MR) is 325 cm³/mol. The summed E-state index contributed by atoms with van der Waals surface area (Å²) in [5.41, 5.74) is 27.9. The van der Waals surface area contributed by atoms with Gasteiger partial charge in [0, 0.05) is 39.0 Å². The number of aryl methyl sites for hydroxylation is 3. The summed E-state index contributed by atoms with van der Waals surface area (Å²) < 4.78 is 7.83. The zero-order valence-corrected chi connectivity index (χ0v) is 46.8. The lowest BCUT2D eigenvalue weighted by molar-refractivity contribution is 0.332. The Morgan fingerprint density at radius 1 is 0.474 bits per heavy atom. The molecule has 1 aromatic heterocycles. The first-order chi connectivity index (χ1) is 36.4. The van der Waals surface area contributed by atoms with Crippen LogP contribution in [0.2, 0.25) is 0 Å². The Bertz CT molecular complexity index is 3780. The molecule has 380 valence electrons. The third-order valence-electron chi connectivity index (χ3n) is 18.8. The molecule has 0 radical (unpaired) electrons. The summed E-state index contributed by atoms with van der Waals surface area (Å²) in [5.74, 6) is 0.903. The summed E-state index contributed by atoms with van der Waals surface area (Å²) in [7, 11) is 0. The Labute approximate surface area is 453 Å². The fourth-order valence-electron chi connectivity index (χ4n) is 14.2. The lowest BCUT2D eigenvalue weighted by atomic mass is 9.43. The number of rotatable bonds is 8. The Balaban J connectivity index is 1.20. The number of hydrogen-bond donors (Lipinski definition) is 0. The summed E-state index contributed by atoms with van der Waals surface area (Å²) in [6.45, 7) is 26.2. The van der Waals surface area contributed by atoms with Crippen molar-refractivity contribution in [1.82, 2.24) is 0 Å². The molecule has 0 saturated heterocycles. The van der Waals surface area contributed by atoms with Gasteiger partial charge in [-0.15, -0.1) is 0 Å². The van der Waals surface area contributed by atoms with Gasteiger partial charge in [0.05, 0.1) is 5.69 Å². The number of furan rings is 1. The number of benzene rings is 8. The van der Waals surface area contributed by atoms with Crippen LogP contribution < -0.4 is 20.6 Å². The molecule has 0 amide bonds. The van der Waals surface area contributed by atoms with Crippen LogP contribution in [0.4, 0.5) is 28.6 Å². The highest BCUT2D eigenvalue weighted by molar-refractivity contribution is 6.95. The Kier molecular flexibility index (Phi) is 11.2. The summed E-state index contributed by atoms with van der Waals surface area (Å²) in [4.78, 5) is 5.30. The van der Waals surface area contributed by atoms with Crippen molar-refractivity contribution < 1.29 is 4.42 Å². The van der Waals surface area contributed by atoms with Crippen molar-refractivity contribution in [3.05, 3.63) is 197 Å². The van der Waals surface area contributed by atoms with Gasteiger partial charge in [-0.25, -0.2) is 0 Å². The first kappa shape index (κ1) is 48.6. The molecule has 0 atom stereocenters. The van der Waals surface area contributed by atoms with Gasteiger partial charge in [-0.1, -0.05) is 172 Å². The van der Waals surface area contributed by atoms with Gasteiger partial charge >= 0.3 is 6.85 Å². The predicted octanol–water partition coefficient (Wildman–Crippen LogP) is 18.8. The monoisotopic (exact) mass is 993 g/mol. The van der Waals surface area contributed by atoms with Gasteiger partial charge in [0.15, 0.2) is 0 Å². The van der Waals surface area contributed by atoms with Crippen LogP contribution in [-0.2, 0) is 28.1 Å². The third-order valence-corrected chi connectivity index (χ3v) is 18.8. The Morgan fingerprint density at radius 3 is 1.76 bits per heavy atom. The van der Waals surface area contributed by atoms with E-state index in [1.807, 2.05) is 0 Å². The highest BCUT2D eigenvalue weighted by Gasteiger charge is 2.50. The maximum atomic E-state index is 7.83. The molecule has 8 aromatic carbocycles. The molecule has 4 heteroatoms. The van der Waals surface area contributed by atoms with Gasteiger partial charge in [0.1, 0.15) is 5.58 Å². The van der Waals surface area contributed by atoms with Gasteiger partial charge in [0.2, 0.25) is 5.88 Å². The van der Waals surface area contributed by atoms with E-state index < -0.39 is 0 Å². The van der Waals surface area contributed by atoms with Crippen LogP contribution in [0.25, 0.3) is 55.5 Å². The van der Waals surface area contributed by atoms with Crippen molar-refractivity contribution in [2.45, 2.75) is 143 Å². The first-order valence-electron chi connectivity index (χ1n) is 28.4. The Hall–Kier alpha value is -7.04. The summed E-state index contributed by atoms with van der Waals surface area (Å²) in [5, 5.41) is 1.21. The van der Waals surface area contributed by atoms with Crippen LogP contribution in [0.5, 0.6) is 0 Å². The zero-order chi connectivity index (χ0) is 52.6. The summed E-state index contributed by atoms with van der Waals surface area (Å²) in [6.07, 6.45) is 7.92. The minimum absolute atomic E-state index is 0.00393. The highest BCUT2D eigenvalue weighted by Crippen LogP contribution is 2.55. The van der Waals surface area contributed by atoms with Gasteiger partial charge in [-0.05, 0) is 206 Å². The summed E-state index contributed by atoms with van der Waals surface area (Å²) >= 11 is 0. The smallest absolute Gasteiger partial charge is 0.337 e. The van der Waals surface area contributed by atoms with E-state index in [1.165, 1.54) is 118 Å². The zero-order valence-electron chi connectivity index (χ0n) is 46.8. The fourth-order valence-corrected chi connectivity index (χ4v) is 14.2. The molecule has 0 N–H and O–H groups in total. The van der Waals surface area contributed by atoms with E-state index in [0.717, 1.165) is 61.4 Å². The lowest BCUT2D eigenvalue weighted by Crippen LogP contribution is -2.61. The molecule has 3 nitrogen and oxygen atoms in total. The molecular weight excluding hydrogens is 920 g/mol. The topological polar surface area (TPSA) is 19.6 Å². The highest BCUT2D eigenvalue weighted by atomic mass is 16.4. The molecule has 3 heterocycles. The van der Waals surface area contributed by atoms with Gasteiger partial charge in [-0.3, -0.25) is 4.90 Å². The van der Waals surface area contributed by atoms with E-state index in [1.54, 1.807) is 0 Å². The molecule has 0 fully saturated rings. The molecule has 0 bridgehead atoms. The van der Waals surface area contributed by atoms with Gasteiger partial charge < -0.3 is 9.23 Å². The van der Waals surface area contributed by atoms with Crippen molar-refractivity contribution in [3.8, 4) is 44.5 Å². The van der Waals surface area contributed by atoms with Crippen molar-refractivity contribution in [2.75, 3.05) is 9.71 Å². The second kappa shape index (κ2) is 17.5. The molecular formula is C72H73BN2O. The first-order valence-corrected chi connectivity index (χ1v) is 28.4. The van der Waals surface area contributed by atoms with E-state index in [0.29, 0.717) is 0 Å². The molecule has 76 heavy (non-hydrogen) atoms. The SMILES string of the molecule is CCCCc1ccc(N2c3cc(-c4c(C)cccc4C)cc4c3B(c3c2oc2cc5c(cc32)C(C)(C)CCC5(C)C)N(c2ccc3c(c2)C(C)(C)CCC3(C)C)c2cc(-c3ccccc3)ccc2-4)c(-c2ccccc2)c1. The van der Waals surface area contributed by atoms with E-state index in [4.69, 9.17) is 4.42 Å². The molecule has 9 aromatic rings. The van der Waals surface area contributed by atoms with E-state index >= 15 is 0 Å². The standard InChI is InChI=1S/C72H73BN2O/c1-12-13-23-47-28-33-61(54(38-47)49-26-18-15-19-27-49)74-63-41-51(65-45(2)21-20-22-46(65)3)39-55-53-31-29-50(48-24-16-14-17-25-48)40-62(53)75(52-30-32-57-58(42-52)70(6,7)35-34-69(57,4)5)73(66(55)63)67-56-43-59-60(44-64(56)76-68(67)74)72(10,11)37-36-71(59,8)9/h14-22,24-33,38-44H,12-13,23,34-37H2,1-11H3. The van der Waals surface area contributed by atoms with Crippen LogP contribution in [-0.4, -0.2) is 6.85 Å². The van der Waals surface area contributed by atoms with E-state index in [-0.39, 0.29) is 28.5 Å².